The number of piperidine rings is 1. The van der Waals surface area contributed by atoms with Gasteiger partial charge in [0.05, 0.1) is 5.52 Å². The van der Waals surface area contributed by atoms with Crippen molar-refractivity contribution in [2.45, 2.75) is 58.3 Å². The normalized spacial score (nSPS) is 18.1. The molecule has 0 radical (unpaired) electrons. The van der Waals surface area contributed by atoms with E-state index in [0.29, 0.717) is 0 Å². The van der Waals surface area contributed by atoms with Crippen molar-refractivity contribution in [3.63, 3.8) is 0 Å². The number of pyridine rings is 1. The van der Waals surface area contributed by atoms with Crippen LogP contribution >= 0.6 is 12.2 Å². The van der Waals surface area contributed by atoms with Gasteiger partial charge < -0.3 is 9.80 Å². The molecule has 0 amide bonds. The number of hydrogen-bond acceptors (Lipinski definition) is 4. The van der Waals surface area contributed by atoms with E-state index in [-0.39, 0.29) is 0 Å². The molecule has 0 bridgehead atoms. The Bertz CT molecular complexity index is 820. The molecule has 3 nitrogen and oxygen atoms in total. The molecule has 1 aromatic heterocycles. The SMILES string of the molecule is Cc1cc(N2CCCC2)nc2ccc(CC(=S)CCCN3CCCCC3)cc12. The molecule has 2 aromatic rings. The van der Waals surface area contributed by atoms with Gasteiger partial charge in [0.15, 0.2) is 0 Å². The molecule has 2 fully saturated rings. The van der Waals surface area contributed by atoms with Crippen LogP contribution in [-0.2, 0) is 6.42 Å². The molecular formula is C24H33N3S. The van der Waals surface area contributed by atoms with Crippen LogP contribution in [0.15, 0.2) is 24.3 Å². The van der Waals surface area contributed by atoms with Crippen LogP contribution in [-0.4, -0.2) is 47.5 Å². The van der Waals surface area contributed by atoms with E-state index in [0.717, 1.165) is 37.3 Å². The van der Waals surface area contributed by atoms with Crippen LogP contribution in [0.4, 0.5) is 5.82 Å². The summed E-state index contributed by atoms with van der Waals surface area (Å²) in [6.07, 6.45) is 9.90. The van der Waals surface area contributed by atoms with Gasteiger partial charge >= 0.3 is 0 Å². The Morgan fingerprint density at radius 1 is 1.00 bits per heavy atom. The van der Waals surface area contributed by atoms with Crippen LogP contribution in [0, 0.1) is 6.92 Å². The Balaban J connectivity index is 1.36. The number of nitrogens with zero attached hydrogens (tertiary/aromatic N) is 3. The lowest BCUT2D eigenvalue weighted by atomic mass is 10.0. The summed E-state index contributed by atoms with van der Waals surface area (Å²) in [6, 6.07) is 8.98. The summed E-state index contributed by atoms with van der Waals surface area (Å²) in [5.74, 6) is 1.14. The molecule has 0 spiro atoms. The second-order valence-corrected chi connectivity index (χ2v) is 9.14. The van der Waals surface area contributed by atoms with Crippen molar-refractivity contribution in [3.8, 4) is 0 Å². The van der Waals surface area contributed by atoms with Crippen molar-refractivity contribution in [2.75, 3.05) is 37.6 Å². The molecule has 2 aliphatic rings. The average molecular weight is 396 g/mol. The maximum absolute atomic E-state index is 5.71. The molecule has 0 aliphatic carbocycles. The first-order valence-electron chi connectivity index (χ1n) is 11.1. The fourth-order valence-electron chi connectivity index (χ4n) is 4.64. The first-order valence-corrected chi connectivity index (χ1v) is 11.5. The van der Waals surface area contributed by atoms with E-state index in [1.807, 2.05) is 0 Å². The first-order chi connectivity index (χ1) is 13.7. The molecule has 2 aliphatic heterocycles. The topological polar surface area (TPSA) is 19.4 Å². The van der Waals surface area contributed by atoms with Gasteiger partial charge in [0.1, 0.15) is 5.82 Å². The van der Waals surface area contributed by atoms with Crippen molar-refractivity contribution in [1.29, 1.82) is 0 Å². The number of rotatable bonds is 7. The minimum atomic E-state index is 0.915. The molecule has 0 atom stereocenters. The van der Waals surface area contributed by atoms with Crippen molar-refractivity contribution in [2.24, 2.45) is 0 Å². The van der Waals surface area contributed by atoms with Crippen LogP contribution in [0.3, 0.4) is 0 Å². The number of aromatic nitrogens is 1. The predicted octanol–water partition coefficient (Wildman–Crippen LogP) is 5.32. The van der Waals surface area contributed by atoms with Gasteiger partial charge in [0.2, 0.25) is 0 Å². The van der Waals surface area contributed by atoms with Gasteiger partial charge in [0.25, 0.3) is 0 Å². The van der Waals surface area contributed by atoms with Gasteiger partial charge in [-0.05, 0) is 99.3 Å². The number of benzene rings is 1. The maximum Gasteiger partial charge on any atom is 0.129 e. The number of thiocarbonyl (C=S) groups is 1. The number of fused-ring (bicyclic) bond motifs is 1. The van der Waals surface area contributed by atoms with E-state index in [9.17, 15) is 0 Å². The van der Waals surface area contributed by atoms with Crippen LogP contribution in [0.25, 0.3) is 10.9 Å². The predicted molar refractivity (Wildman–Crippen MR) is 124 cm³/mol. The summed E-state index contributed by atoms with van der Waals surface area (Å²) in [4.78, 5) is 11.1. The second kappa shape index (κ2) is 9.32. The summed E-state index contributed by atoms with van der Waals surface area (Å²) in [6.45, 7) is 8.26. The van der Waals surface area contributed by atoms with E-state index in [1.54, 1.807) is 0 Å². The molecule has 0 saturated carbocycles. The second-order valence-electron chi connectivity index (χ2n) is 8.56. The van der Waals surface area contributed by atoms with Gasteiger partial charge in [-0.3, -0.25) is 0 Å². The standard InChI is InChI=1S/C24H33N3S/c1-19-16-24(27-14-5-6-15-27)25-23-10-9-20(18-22(19)23)17-21(28)8-7-13-26-11-3-2-4-12-26/h9-10,16,18H,2-8,11-15,17H2,1H3. The molecule has 2 saturated heterocycles. The van der Waals surface area contributed by atoms with Gasteiger partial charge in [-0.15, -0.1) is 0 Å². The highest BCUT2D eigenvalue weighted by atomic mass is 32.1. The van der Waals surface area contributed by atoms with Crippen molar-refractivity contribution in [1.82, 2.24) is 9.88 Å². The first kappa shape index (κ1) is 19.8. The van der Waals surface area contributed by atoms with E-state index < -0.39 is 0 Å². The molecule has 150 valence electrons. The lowest BCUT2D eigenvalue weighted by Gasteiger charge is -2.26. The van der Waals surface area contributed by atoms with Crippen molar-refractivity contribution < 1.29 is 0 Å². The Kier molecular flexibility index (Phi) is 6.58. The maximum atomic E-state index is 5.71. The summed E-state index contributed by atoms with van der Waals surface area (Å²) < 4.78 is 0. The largest absolute Gasteiger partial charge is 0.357 e. The lowest BCUT2D eigenvalue weighted by molar-refractivity contribution is 0.227. The molecule has 4 rings (SSSR count). The van der Waals surface area contributed by atoms with Crippen molar-refractivity contribution >= 4 is 33.8 Å². The summed E-state index contributed by atoms with van der Waals surface area (Å²) in [7, 11) is 0. The number of aryl methyl sites for hydroxylation is 1. The van der Waals surface area contributed by atoms with Gasteiger partial charge in [0, 0.05) is 24.9 Å². The molecule has 1 aromatic carbocycles. The quantitative estimate of drug-likeness (QED) is 0.591. The Labute approximate surface area is 175 Å². The zero-order valence-electron chi connectivity index (χ0n) is 17.3. The number of anilines is 1. The van der Waals surface area contributed by atoms with Gasteiger partial charge in [-0.1, -0.05) is 24.7 Å². The molecular weight excluding hydrogens is 362 g/mol. The molecule has 0 unspecified atom stereocenters. The summed E-state index contributed by atoms with van der Waals surface area (Å²) in [5.41, 5.74) is 3.76. The summed E-state index contributed by atoms with van der Waals surface area (Å²) in [5, 5.41) is 1.27. The van der Waals surface area contributed by atoms with Gasteiger partial charge in [-0.2, -0.15) is 0 Å². The van der Waals surface area contributed by atoms with Gasteiger partial charge in [-0.25, -0.2) is 4.98 Å². The third kappa shape index (κ3) is 4.90. The van der Waals surface area contributed by atoms with Crippen LogP contribution < -0.4 is 4.90 Å². The zero-order chi connectivity index (χ0) is 19.3. The number of hydrogen-bond donors (Lipinski definition) is 0. The average Bonchev–Trinajstić information content (AvgIpc) is 3.24. The monoisotopic (exact) mass is 395 g/mol. The highest BCUT2D eigenvalue weighted by molar-refractivity contribution is 7.80. The fraction of sp³-hybridized carbons (Fsp3) is 0.583. The minimum absolute atomic E-state index is 0.915. The third-order valence-electron chi connectivity index (χ3n) is 6.28. The third-order valence-corrected chi connectivity index (χ3v) is 6.62. The fourth-order valence-corrected chi connectivity index (χ4v) is 4.95. The zero-order valence-corrected chi connectivity index (χ0v) is 18.1. The Hall–Kier alpha value is -1.52. The van der Waals surface area contributed by atoms with E-state index in [1.165, 1.54) is 79.5 Å². The molecule has 28 heavy (non-hydrogen) atoms. The molecule has 3 heterocycles. The van der Waals surface area contributed by atoms with E-state index >= 15 is 0 Å². The highest BCUT2D eigenvalue weighted by Crippen LogP contribution is 2.26. The molecule has 4 heteroatoms. The molecule has 0 N–H and O–H groups in total. The van der Waals surface area contributed by atoms with Crippen molar-refractivity contribution in [3.05, 3.63) is 35.4 Å². The van der Waals surface area contributed by atoms with Crippen LogP contribution in [0.2, 0.25) is 0 Å². The highest BCUT2D eigenvalue weighted by Gasteiger charge is 2.15. The van der Waals surface area contributed by atoms with Crippen LogP contribution in [0.5, 0.6) is 0 Å². The Morgan fingerprint density at radius 2 is 1.75 bits per heavy atom. The summed E-state index contributed by atoms with van der Waals surface area (Å²) >= 11 is 5.71. The van der Waals surface area contributed by atoms with E-state index in [4.69, 9.17) is 17.2 Å². The lowest BCUT2D eigenvalue weighted by Crippen LogP contribution is -2.30. The number of likely N-dealkylation sites (tertiary alicyclic amines) is 1. The minimum Gasteiger partial charge on any atom is -0.357 e. The smallest absolute Gasteiger partial charge is 0.129 e. The van der Waals surface area contributed by atoms with Crippen LogP contribution in [0.1, 0.15) is 56.1 Å². The Morgan fingerprint density at radius 3 is 2.54 bits per heavy atom. The van der Waals surface area contributed by atoms with E-state index in [2.05, 4.69) is 41.0 Å².